The van der Waals surface area contributed by atoms with Gasteiger partial charge in [0.15, 0.2) is 6.29 Å². The van der Waals surface area contributed by atoms with Crippen LogP contribution >= 0.6 is 0 Å². The Morgan fingerprint density at radius 1 is 1.67 bits per heavy atom. The first-order chi connectivity index (χ1) is 7.26. The third-order valence-electron chi connectivity index (χ3n) is 1.90. The van der Waals surface area contributed by atoms with Gasteiger partial charge >= 0.3 is 0 Å². The lowest BCUT2D eigenvalue weighted by Gasteiger charge is -1.89. The zero-order chi connectivity index (χ0) is 10.8. The van der Waals surface area contributed by atoms with Gasteiger partial charge in [-0.2, -0.15) is 0 Å². The Labute approximate surface area is 82.4 Å². The van der Waals surface area contributed by atoms with Gasteiger partial charge in [0.1, 0.15) is 17.3 Å². The molecular weight excluding hydrogens is 201 g/mol. The molecule has 2 aromatic rings. The SMILES string of the molecule is [N-]=[N+]=Nc1[nH]c2ncc(F)cc2c1C=O. The number of pyridine rings is 1. The first-order valence-electron chi connectivity index (χ1n) is 3.93. The molecule has 0 aromatic carbocycles. The third kappa shape index (κ3) is 1.40. The lowest BCUT2D eigenvalue weighted by molar-refractivity contribution is 0.112. The number of H-pyrrole nitrogens is 1. The minimum Gasteiger partial charge on any atom is -0.337 e. The van der Waals surface area contributed by atoms with Gasteiger partial charge in [-0.05, 0) is 16.7 Å². The lowest BCUT2D eigenvalue weighted by Crippen LogP contribution is -1.81. The Kier molecular flexibility index (Phi) is 2.07. The third-order valence-corrected chi connectivity index (χ3v) is 1.90. The van der Waals surface area contributed by atoms with Crippen molar-refractivity contribution in [3.05, 3.63) is 34.1 Å². The van der Waals surface area contributed by atoms with Crippen LogP contribution in [-0.2, 0) is 0 Å². The van der Waals surface area contributed by atoms with Gasteiger partial charge in [-0.3, -0.25) is 4.79 Å². The fraction of sp³-hybridized carbons (Fsp3) is 0. The van der Waals surface area contributed by atoms with E-state index in [1.54, 1.807) is 0 Å². The van der Waals surface area contributed by atoms with Crippen LogP contribution in [0.5, 0.6) is 0 Å². The zero-order valence-electron chi connectivity index (χ0n) is 7.31. The summed E-state index contributed by atoms with van der Waals surface area (Å²) in [4.78, 5) is 19.6. The molecule has 0 unspecified atom stereocenters. The molecule has 0 fully saturated rings. The number of aldehydes is 1. The quantitative estimate of drug-likeness (QED) is 0.352. The molecule has 0 saturated heterocycles. The fourth-order valence-corrected chi connectivity index (χ4v) is 1.29. The molecule has 0 radical (unpaired) electrons. The molecule has 0 spiro atoms. The predicted octanol–water partition coefficient (Wildman–Crippen LogP) is 2.46. The molecule has 0 atom stereocenters. The van der Waals surface area contributed by atoms with Gasteiger partial charge in [0, 0.05) is 10.3 Å². The van der Waals surface area contributed by atoms with Gasteiger partial charge in [-0.1, -0.05) is 0 Å². The molecule has 74 valence electrons. The Balaban J connectivity index is 2.85. The van der Waals surface area contributed by atoms with E-state index in [1.165, 1.54) is 0 Å². The molecule has 1 N–H and O–H groups in total. The molecule has 0 aliphatic carbocycles. The number of aromatic amines is 1. The first-order valence-corrected chi connectivity index (χ1v) is 3.93. The second-order valence-electron chi connectivity index (χ2n) is 2.74. The minimum atomic E-state index is -0.558. The number of aromatic nitrogens is 2. The van der Waals surface area contributed by atoms with E-state index in [0.29, 0.717) is 17.3 Å². The van der Waals surface area contributed by atoms with Crippen molar-refractivity contribution in [2.24, 2.45) is 5.11 Å². The largest absolute Gasteiger partial charge is 0.337 e. The van der Waals surface area contributed by atoms with E-state index >= 15 is 0 Å². The normalized spacial score (nSPS) is 9.93. The van der Waals surface area contributed by atoms with Crippen LogP contribution in [0, 0.1) is 5.82 Å². The highest BCUT2D eigenvalue weighted by Gasteiger charge is 2.10. The molecular formula is C8H4FN5O. The number of halogens is 1. The summed E-state index contributed by atoms with van der Waals surface area (Å²) >= 11 is 0. The van der Waals surface area contributed by atoms with Crippen molar-refractivity contribution in [3.63, 3.8) is 0 Å². The maximum atomic E-state index is 12.9. The summed E-state index contributed by atoms with van der Waals surface area (Å²) in [7, 11) is 0. The number of azide groups is 1. The summed E-state index contributed by atoms with van der Waals surface area (Å²) in [5.74, 6) is -0.516. The summed E-state index contributed by atoms with van der Waals surface area (Å²) < 4.78 is 12.9. The summed E-state index contributed by atoms with van der Waals surface area (Å²) in [5.41, 5.74) is 8.66. The van der Waals surface area contributed by atoms with E-state index in [0.717, 1.165) is 12.3 Å². The van der Waals surface area contributed by atoms with Gasteiger partial charge in [-0.15, -0.1) is 0 Å². The number of hydrogen-bond donors (Lipinski definition) is 1. The Bertz CT molecular complexity index is 584. The van der Waals surface area contributed by atoms with E-state index < -0.39 is 5.82 Å². The standard InChI is InChI=1S/C8H4FN5O/c9-4-1-5-6(3-15)8(13-14-10)12-7(5)11-2-4/h1-3H,(H,11,12). The van der Waals surface area contributed by atoms with E-state index in [-0.39, 0.29) is 11.4 Å². The van der Waals surface area contributed by atoms with Crippen LogP contribution in [0.15, 0.2) is 17.4 Å². The van der Waals surface area contributed by atoms with E-state index in [9.17, 15) is 9.18 Å². The van der Waals surface area contributed by atoms with E-state index in [2.05, 4.69) is 20.0 Å². The second-order valence-corrected chi connectivity index (χ2v) is 2.74. The highest BCUT2D eigenvalue weighted by molar-refractivity contribution is 6.01. The Morgan fingerprint density at radius 2 is 2.47 bits per heavy atom. The monoisotopic (exact) mass is 205 g/mol. The number of fused-ring (bicyclic) bond motifs is 1. The van der Waals surface area contributed by atoms with Gasteiger partial charge in [0.05, 0.1) is 11.8 Å². The van der Waals surface area contributed by atoms with Gasteiger partial charge in [0.25, 0.3) is 0 Å². The van der Waals surface area contributed by atoms with Crippen molar-refractivity contribution in [1.82, 2.24) is 9.97 Å². The molecule has 6 nitrogen and oxygen atoms in total. The van der Waals surface area contributed by atoms with Crippen LogP contribution in [0.1, 0.15) is 10.4 Å². The van der Waals surface area contributed by atoms with Gasteiger partial charge in [-0.25, -0.2) is 9.37 Å². The average Bonchev–Trinajstić information content (AvgIpc) is 2.55. The second kappa shape index (κ2) is 3.39. The van der Waals surface area contributed by atoms with Crippen molar-refractivity contribution >= 4 is 23.1 Å². The number of carbonyl (C=O) groups excluding carboxylic acids is 1. The topological polar surface area (TPSA) is 94.5 Å². The summed E-state index contributed by atoms with van der Waals surface area (Å²) in [6, 6.07) is 1.15. The number of nitrogens with one attached hydrogen (secondary N) is 1. The molecule has 7 heteroatoms. The van der Waals surface area contributed by atoms with Gasteiger partial charge < -0.3 is 4.98 Å². The zero-order valence-corrected chi connectivity index (χ0v) is 7.31. The van der Waals surface area contributed by atoms with Crippen molar-refractivity contribution in [1.29, 1.82) is 0 Å². The maximum absolute atomic E-state index is 12.9. The van der Waals surface area contributed by atoms with Gasteiger partial charge in [0.2, 0.25) is 0 Å². The Morgan fingerprint density at radius 3 is 3.13 bits per heavy atom. The molecule has 0 saturated carbocycles. The number of nitrogens with zero attached hydrogens (tertiary/aromatic N) is 4. The molecule has 0 bridgehead atoms. The van der Waals surface area contributed by atoms with Crippen LogP contribution < -0.4 is 0 Å². The Hall–Kier alpha value is -2.40. The van der Waals surface area contributed by atoms with Crippen LogP contribution in [-0.4, -0.2) is 16.3 Å². The smallest absolute Gasteiger partial charge is 0.152 e. The highest BCUT2D eigenvalue weighted by atomic mass is 19.1. The minimum absolute atomic E-state index is 0.0422. The lowest BCUT2D eigenvalue weighted by atomic mass is 10.2. The average molecular weight is 205 g/mol. The van der Waals surface area contributed by atoms with Crippen LogP contribution in [0.4, 0.5) is 10.2 Å². The number of carbonyl (C=O) groups is 1. The number of rotatable bonds is 2. The molecule has 2 heterocycles. The predicted molar refractivity (Wildman–Crippen MR) is 50.2 cm³/mol. The fourth-order valence-electron chi connectivity index (χ4n) is 1.29. The van der Waals surface area contributed by atoms with Crippen LogP contribution in [0.2, 0.25) is 0 Å². The summed E-state index contributed by atoms with van der Waals surface area (Å²) in [6.45, 7) is 0. The molecule has 2 aromatic heterocycles. The van der Waals surface area contributed by atoms with Crippen molar-refractivity contribution in [2.45, 2.75) is 0 Å². The van der Waals surface area contributed by atoms with E-state index in [1.807, 2.05) is 0 Å². The molecule has 0 amide bonds. The molecule has 2 rings (SSSR count). The van der Waals surface area contributed by atoms with E-state index in [4.69, 9.17) is 5.53 Å². The molecule has 0 aliphatic rings. The summed E-state index contributed by atoms with van der Waals surface area (Å²) in [5, 5.41) is 3.57. The molecule has 0 aliphatic heterocycles. The maximum Gasteiger partial charge on any atom is 0.152 e. The van der Waals surface area contributed by atoms with Crippen molar-refractivity contribution in [2.75, 3.05) is 0 Å². The van der Waals surface area contributed by atoms with Crippen molar-refractivity contribution in [3.8, 4) is 0 Å². The van der Waals surface area contributed by atoms with Crippen LogP contribution in [0.25, 0.3) is 21.5 Å². The highest BCUT2D eigenvalue weighted by Crippen LogP contribution is 2.25. The van der Waals surface area contributed by atoms with Crippen LogP contribution in [0.3, 0.4) is 0 Å². The molecule has 15 heavy (non-hydrogen) atoms. The first kappa shape index (κ1) is 9.17. The number of hydrogen-bond acceptors (Lipinski definition) is 3. The van der Waals surface area contributed by atoms with Crippen molar-refractivity contribution < 1.29 is 9.18 Å². The summed E-state index contributed by atoms with van der Waals surface area (Å²) in [6.07, 6.45) is 1.50.